The Hall–Kier alpha value is -0.850. The fourth-order valence-electron chi connectivity index (χ4n) is 2.24. The van der Waals surface area contributed by atoms with Crippen molar-refractivity contribution < 1.29 is 13.9 Å². The van der Waals surface area contributed by atoms with Gasteiger partial charge in [-0.15, -0.1) is 12.4 Å². The van der Waals surface area contributed by atoms with Gasteiger partial charge in [-0.3, -0.25) is 4.79 Å². The molecule has 1 aliphatic rings. The summed E-state index contributed by atoms with van der Waals surface area (Å²) in [7, 11) is 0. The molecule has 4 nitrogen and oxygen atoms in total. The Morgan fingerprint density at radius 1 is 1.43 bits per heavy atom. The monoisotopic (exact) mass is 380 g/mol. The van der Waals surface area contributed by atoms with Crippen molar-refractivity contribution in [2.24, 2.45) is 11.7 Å². The second kappa shape index (κ2) is 8.56. The lowest BCUT2D eigenvalue weighted by Gasteiger charge is -2.31. The highest BCUT2D eigenvalue weighted by molar-refractivity contribution is 9.10. The molecule has 1 amide bonds. The van der Waals surface area contributed by atoms with E-state index in [9.17, 15) is 9.18 Å². The van der Waals surface area contributed by atoms with Gasteiger partial charge in [-0.2, -0.15) is 0 Å². The van der Waals surface area contributed by atoms with Crippen molar-refractivity contribution in [2.45, 2.75) is 12.8 Å². The van der Waals surface area contributed by atoms with Gasteiger partial charge in [0.1, 0.15) is 0 Å². The van der Waals surface area contributed by atoms with Gasteiger partial charge in [0.05, 0.1) is 0 Å². The average molecular weight is 382 g/mol. The van der Waals surface area contributed by atoms with Crippen molar-refractivity contribution in [1.82, 2.24) is 4.90 Å². The molecule has 2 N–H and O–H groups in total. The van der Waals surface area contributed by atoms with Crippen LogP contribution in [0.15, 0.2) is 22.7 Å². The number of halogens is 3. The number of rotatable bonds is 4. The van der Waals surface area contributed by atoms with E-state index < -0.39 is 5.82 Å². The Morgan fingerprint density at radius 3 is 2.67 bits per heavy atom. The van der Waals surface area contributed by atoms with Gasteiger partial charge in [0.25, 0.3) is 5.91 Å². The van der Waals surface area contributed by atoms with Crippen molar-refractivity contribution in [3.05, 3.63) is 28.5 Å². The molecule has 1 aromatic carbocycles. The molecule has 0 aromatic heterocycles. The van der Waals surface area contributed by atoms with Crippen molar-refractivity contribution in [3.63, 3.8) is 0 Å². The molecular weight excluding hydrogens is 363 g/mol. The zero-order chi connectivity index (χ0) is 14.5. The summed E-state index contributed by atoms with van der Waals surface area (Å²) in [6, 6.07) is 4.50. The Bertz CT molecular complexity index is 482. The first-order chi connectivity index (χ1) is 9.60. The highest BCUT2D eigenvalue weighted by Crippen LogP contribution is 2.22. The molecule has 0 bridgehead atoms. The van der Waals surface area contributed by atoms with E-state index in [1.165, 1.54) is 12.1 Å². The van der Waals surface area contributed by atoms with Crippen LogP contribution in [-0.2, 0) is 4.79 Å². The Balaban J connectivity index is 0.00000220. The number of likely N-dealkylation sites (tertiary alicyclic amines) is 1. The van der Waals surface area contributed by atoms with E-state index >= 15 is 0 Å². The first kappa shape index (κ1) is 18.2. The number of hydrogen-bond acceptors (Lipinski definition) is 3. The molecule has 7 heteroatoms. The first-order valence-corrected chi connectivity index (χ1v) is 7.45. The Labute approximate surface area is 138 Å². The van der Waals surface area contributed by atoms with E-state index in [2.05, 4.69) is 15.9 Å². The van der Waals surface area contributed by atoms with E-state index in [0.29, 0.717) is 30.0 Å². The predicted octanol–water partition coefficient (Wildman–Crippen LogP) is 2.59. The third kappa shape index (κ3) is 5.13. The second-order valence-electron chi connectivity index (χ2n) is 4.92. The van der Waals surface area contributed by atoms with Crippen molar-refractivity contribution >= 4 is 34.2 Å². The smallest absolute Gasteiger partial charge is 0.260 e. The van der Waals surface area contributed by atoms with Crippen molar-refractivity contribution in [2.75, 3.05) is 26.2 Å². The summed E-state index contributed by atoms with van der Waals surface area (Å²) < 4.78 is 19.4. The number of ether oxygens (including phenoxy) is 1. The molecule has 0 saturated carbocycles. The normalized spacial score (nSPS) is 15.5. The van der Waals surface area contributed by atoms with Crippen LogP contribution in [0.1, 0.15) is 12.8 Å². The molecule has 21 heavy (non-hydrogen) atoms. The number of nitrogens with two attached hydrogens (primary N) is 1. The minimum atomic E-state index is -0.478. The molecule has 1 aromatic rings. The number of carbonyl (C=O) groups is 1. The highest BCUT2D eigenvalue weighted by Gasteiger charge is 2.22. The van der Waals surface area contributed by atoms with Crippen molar-refractivity contribution in [1.29, 1.82) is 0 Å². The highest BCUT2D eigenvalue weighted by atomic mass is 79.9. The summed E-state index contributed by atoms with van der Waals surface area (Å²) in [4.78, 5) is 13.7. The summed E-state index contributed by atoms with van der Waals surface area (Å²) in [5.74, 6) is 0.0130. The summed E-state index contributed by atoms with van der Waals surface area (Å²) in [5, 5.41) is 0. The third-order valence-electron chi connectivity index (χ3n) is 3.55. The van der Waals surface area contributed by atoms with Crippen LogP contribution in [0.25, 0.3) is 0 Å². The zero-order valence-electron chi connectivity index (χ0n) is 11.6. The maximum absolute atomic E-state index is 13.5. The maximum atomic E-state index is 13.5. The topological polar surface area (TPSA) is 55.6 Å². The lowest BCUT2D eigenvalue weighted by atomic mass is 9.97. The predicted molar refractivity (Wildman–Crippen MR) is 85.2 cm³/mol. The van der Waals surface area contributed by atoms with Gasteiger partial charge >= 0.3 is 0 Å². The van der Waals surface area contributed by atoms with Gasteiger partial charge in [0, 0.05) is 17.6 Å². The van der Waals surface area contributed by atoms with Crippen LogP contribution in [0.5, 0.6) is 5.75 Å². The zero-order valence-corrected chi connectivity index (χ0v) is 14.0. The molecule has 0 radical (unpaired) electrons. The Kier molecular flexibility index (Phi) is 7.42. The van der Waals surface area contributed by atoms with Crippen LogP contribution in [0.3, 0.4) is 0 Å². The second-order valence-corrected chi connectivity index (χ2v) is 5.84. The van der Waals surface area contributed by atoms with E-state index in [1.54, 1.807) is 11.0 Å². The maximum Gasteiger partial charge on any atom is 0.260 e. The molecule has 118 valence electrons. The molecule has 1 saturated heterocycles. The van der Waals surface area contributed by atoms with Gasteiger partial charge in [0.2, 0.25) is 0 Å². The lowest BCUT2D eigenvalue weighted by molar-refractivity contribution is -0.134. The van der Waals surface area contributed by atoms with E-state index in [-0.39, 0.29) is 30.7 Å². The van der Waals surface area contributed by atoms with E-state index in [0.717, 1.165) is 12.8 Å². The molecule has 0 atom stereocenters. The van der Waals surface area contributed by atoms with Gasteiger partial charge in [-0.1, -0.05) is 15.9 Å². The summed E-state index contributed by atoms with van der Waals surface area (Å²) in [5.41, 5.74) is 5.61. The third-order valence-corrected chi connectivity index (χ3v) is 4.04. The van der Waals surface area contributed by atoms with Crippen LogP contribution in [0.4, 0.5) is 4.39 Å². The summed E-state index contributed by atoms with van der Waals surface area (Å²) in [6.07, 6.45) is 1.85. The number of carbonyl (C=O) groups excluding carboxylic acids is 1. The van der Waals surface area contributed by atoms with Crippen LogP contribution in [-0.4, -0.2) is 37.0 Å². The lowest BCUT2D eigenvalue weighted by Crippen LogP contribution is -2.42. The van der Waals surface area contributed by atoms with Gasteiger partial charge < -0.3 is 15.4 Å². The molecule has 1 heterocycles. The number of piperidine rings is 1. The van der Waals surface area contributed by atoms with Crippen LogP contribution in [0, 0.1) is 11.7 Å². The summed E-state index contributed by atoms with van der Waals surface area (Å²) in [6.45, 7) is 1.94. The molecule has 2 rings (SSSR count). The fraction of sp³-hybridized carbons (Fsp3) is 0.500. The minimum Gasteiger partial charge on any atom is -0.481 e. The van der Waals surface area contributed by atoms with Crippen molar-refractivity contribution in [3.8, 4) is 5.75 Å². The van der Waals surface area contributed by atoms with Crippen LogP contribution < -0.4 is 10.5 Å². The molecule has 0 spiro atoms. The molecule has 1 fully saturated rings. The van der Waals surface area contributed by atoms with Gasteiger partial charge in [-0.25, -0.2) is 4.39 Å². The first-order valence-electron chi connectivity index (χ1n) is 6.66. The molecular formula is C14H19BrClFN2O2. The largest absolute Gasteiger partial charge is 0.481 e. The van der Waals surface area contributed by atoms with Crippen LogP contribution in [0.2, 0.25) is 0 Å². The van der Waals surface area contributed by atoms with E-state index in [1.807, 2.05) is 0 Å². The van der Waals surface area contributed by atoms with Crippen LogP contribution >= 0.6 is 28.3 Å². The number of benzene rings is 1. The number of hydrogen-bond donors (Lipinski definition) is 1. The van der Waals surface area contributed by atoms with Gasteiger partial charge in [-0.05, 0) is 43.5 Å². The molecule has 0 aliphatic carbocycles. The summed E-state index contributed by atoms with van der Waals surface area (Å²) >= 11 is 3.17. The Morgan fingerprint density at radius 2 is 2.10 bits per heavy atom. The minimum absolute atomic E-state index is 0. The quantitative estimate of drug-likeness (QED) is 0.872. The molecule has 0 unspecified atom stereocenters. The number of nitrogens with zero attached hydrogens (tertiary/aromatic N) is 1. The standard InChI is InChI=1S/C14H18BrFN2O2.ClH/c15-11-1-2-13(12(16)7-11)20-9-14(19)18-5-3-10(8-17)4-6-18;/h1-2,7,10H,3-6,8-9,17H2;1H. The number of amides is 1. The van der Waals surface area contributed by atoms with E-state index in [4.69, 9.17) is 10.5 Å². The average Bonchev–Trinajstić information content (AvgIpc) is 2.46. The molecule has 1 aliphatic heterocycles. The van der Waals surface area contributed by atoms with Gasteiger partial charge in [0.15, 0.2) is 18.2 Å². The fourth-order valence-corrected chi connectivity index (χ4v) is 2.57. The SMILES string of the molecule is Cl.NCC1CCN(C(=O)COc2ccc(Br)cc2F)CC1.